The highest BCUT2D eigenvalue weighted by molar-refractivity contribution is 5.23. The predicted molar refractivity (Wildman–Crippen MR) is 72.3 cm³/mol. The number of hydrogen-bond donors (Lipinski definition) is 0. The van der Waals surface area contributed by atoms with Gasteiger partial charge in [-0.3, -0.25) is 0 Å². The first kappa shape index (κ1) is 12.6. The predicted octanol–water partition coefficient (Wildman–Crippen LogP) is 4.00. The molecule has 94 valence electrons. The summed E-state index contributed by atoms with van der Waals surface area (Å²) in [5, 5.41) is 0. The molecule has 1 heteroatoms. The first-order valence-corrected chi connectivity index (χ1v) is 6.94. The maximum atomic E-state index is 5.53. The van der Waals surface area contributed by atoms with Crippen LogP contribution >= 0.6 is 0 Å². The highest BCUT2D eigenvalue weighted by Crippen LogP contribution is 2.30. The number of benzene rings is 1. The fraction of sp³-hybridized carbons (Fsp3) is 0.625. The number of hydrogen-bond acceptors (Lipinski definition) is 1. The minimum absolute atomic E-state index is 0.480. The lowest BCUT2D eigenvalue weighted by atomic mass is 9.95. The normalized spacial score (nSPS) is 24.6. The second kappa shape index (κ2) is 5.68. The van der Waals surface area contributed by atoms with E-state index in [0.717, 1.165) is 6.42 Å². The summed E-state index contributed by atoms with van der Waals surface area (Å²) in [4.78, 5) is 0. The van der Waals surface area contributed by atoms with Gasteiger partial charge in [-0.05, 0) is 43.2 Å². The molecule has 1 saturated heterocycles. The largest absolute Gasteiger partial charge is 0.370 e. The van der Waals surface area contributed by atoms with Crippen LogP contribution in [-0.4, -0.2) is 12.2 Å². The van der Waals surface area contributed by atoms with Crippen LogP contribution in [0.5, 0.6) is 0 Å². The Morgan fingerprint density at radius 2 is 1.76 bits per heavy atom. The van der Waals surface area contributed by atoms with E-state index < -0.39 is 0 Å². The van der Waals surface area contributed by atoms with Crippen molar-refractivity contribution in [2.45, 2.75) is 58.7 Å². The molecule has 3 atom stereocenters. The molecule has 0 bridgehead atoms. The quantitative estimate of drug-likeness (QED) is 0.675. The molecule has 3 unspecified atom stereocenters. The Hall–Kier alpha value is -0.820. The van der Waals surface area contributed by atoms with Crippen LogP contribution in [0.1, 0.15) is 44.7 Å². The number of aryl methyl sites for hydroxylation is 1. The van der Waals surface area contributed by atoms with Gasteiger partial charge in [0.1, 0.15) is 0 Å². The molecule has 1 aromatic rings. The molecular weight excluding hydrogens is 208 g/mol. The summed E-state index contributed by atoms with van der Waals surface area (Å²) in [7, 11) is 0. The van der Waals surface area contributed by atoms with Crippen LogP contribution in [0.4, 0.5) is 0 Å². The summed E-state index contributed by atoms with van der Waals surface area (Å²) < 4.78 is 5.53. The van der Waals surface area contributed by atoms with E-state index in [-0.39, 0.29) is 0 Å². The van der Waals surface area contributed by atoms with Gasteiger partial charge < -0.3 is 4.74 Å². The van der Waals surface area contributed by atoms with Crippen molar-refractivity contribution in [3.63, 3.8) is 0 Å². The van der Waals surface area contributed by atoms with Crippen molar-refractivity contribution < 1.29 is 4.74 Å². The minimum Gasteiger partial charge on any atom is -0.370 e. The molecule has 1 aromatic carbocycles. The molecule has 0 amide bonds. The van der Waals surface area contributed by atoms with Crippen LogP contribution in [0.25, 0.3) is 0 Å². The van der Waals surface area contributed by atoms with Gasteiger partial charge in [0, 0.05) is 0 Å². The second-order valence-corrected chi connectivity index (χ2v) is 5.41. The van der Waals surface area contributed by atoms with E-state index in [1.165, 1.54) is 30.4 Å². The Kier molecular flexibility index (Phi) is 4.22. The Morgan fingerprint density at radius 3 is 2.29 bits per heavy atom. The Balaban J connectivity index is 1.85. The molecular formula is C16H24O. The maximum Gasteiger partial charge on any atom is 0.0867 e. The van der Waals surface area contributed by atoms with E-state index in [0.29, 0.717) is 18.1 Å². The van der Waals surface area contributed by atoms with Crippen molar-refractivity contribution in [2.75, 3.05) is 0 Å². The standard InChI is InChI=1S/C16H24O/c1-4-5-6-14-7-9-15(10-8-14)11-12(2)16-13(3)17-16/h7-10,12-13,16H,4-6,11H2,1-3H3. The molecule has 0 aromatic heterocycles. The van der Waals surface area contributed by atoms with Gasteiger partial charge in [-0.25, -0.2) is 0 Å². The zero-order chi connectivity index (χ0) is 12.3. The first-order valence-electron chi connectivity index (χ1n) is 6.94. The van der Waals surface area contributed by atoms with Crippen LogP contribution in [0, 0.1) is 5.92 Å². The summed E-state index contributed by atoms with van der Waals surface area (Å²) >= 11 is 0. The molecule has 17 heavy (non-hydrogen) atoms. The zero-order valence-electron chi connectivity index (χ0n) is 11.3. The summed E-state index contributed by atoms with van der Waals surface area (Å²) in [6, 6.07) is 9.15. The van der Waals surface area contributed by atoms with Gasteiger partial charge in [-0.15, -0.1) is 0 Å². The SMILES string of the molecule is CCCCc1ccc(CC(C)C2OC2C)cc1. The van der Waals surface area contributed by atoms with Crippen molar-refractivity contribution >= 4 is 0 Å². The minimum atomic E-state index is 0.480. The van der Waals surface area contributed by atoms with Gasteiger partial charge in [0.25, 0.3) is 0 Å². The Morgan fingerprint density at radius 1 is 1.18 bits per heavy atom. The fourth-order valence-electron chi connectivity index (χ4n) is 2.51. The summed E-state index contributed by atoms with van der Waals surface area (Å²) in [6.45, 7) is 6.70. The van der Waals surface area contributed by atoms with E-state index in [1.807, 2.05) is 0 Å². The van der Waals surface area contributed by atoms with Crippen molar-refractivity contribution in [1.82, 2.24) is 0 Å². The van der Waals surface area contributed by atoms with Gasteiger partial charge in [-0.2, -0.15) is 0 Å². The fourth-order valence-corrected chi connectivity index (χ4v) is 2.51. The average molecular weight is 232 g/mol. The van der Waals surface area contributed by atoms with E-state index >= 15 is 0 Å². The lowest BCUT2D eigenvalue weighted by Gasteiger charge is -2.09. The van der Waals surface area contributed by atoms with Crippen LogP contribution in [0.15, 0.2) is 24.3 Å². The third kappa shape index (κ3) is 3.57. The van der Waals surface area contributed by atoms with Crippen LogP contribution in [-0.2, 0) is 17.6 Å². The lowest BCUT2D eigenvalue weighted by Crippen LogP contribution is -2.09. The highest BCUT2D eigenvalue weighted by Gasteiger charge is 2.38. The molecule has 0 spiro atoms. The lowest BCUT2D eigenvalue weighted by molar-refractivity contribution is 0.328. The molecule has 1 aliphatic rings. The second-order valence-electron chi connectivity index (χ2n) is 5.41. The van der Waals surface area contributed by atoms with Crippen LogP contribution < -0.4 is 0 Å². The van der Waals surface area contributed by atoms with Gasteiger partial charge >= 0.3 is 0 Å². The molecule has 2 rings (SSSR count). The topological polar surface area (TPSA) is 12.5 Å². The van der Waals surface area contributed by atoms with Gasteiger partial charge in [0.2, 0.25) is 0 Å². The molecule has 0 radical (unpaired) electrons. The Bertz CT molecular complexity index is 341. The first-order chi connectivity index (χ1) is 8.20. The third-order valence-corrected chi connectivity index (χ3v) is 3.72. The Labute approximate surface area is 105 Å². The van der Waals surface area contributed by atoms with E-state index in [9.17, 15) is 0 Å². The summed E-state index contributed by atoms with van der Waals surface area (Å²) in [5.41, 5.74) is 2.92. The smallest absolute Gasteiger partial charge is 0.0867 e. The summed E-state index contributed by atoms with van der Waals surface area (Å²) in [5.74, 6) is 0.645. The monoisotopic (exact) mass is 232 g/mol. The molecule has 1 fully saturated rings. The van der Waals surface area contributed by atoms with Gasteiger partial charge in [0.15, 0.2) is 0 Å². The van der Waals surface area contributed by atoms with Crippen LogP contribution in [0.2, 0.25) is 0 Å². The number of rotatable bonds is 6. The molecule has 0 aliphatic carbocycles. The van der Waals surface area contributed by atoms with Crippen molar-refractivity contribution in [3.05, 3.63) is 35.4 Å². The number of ether oxygens (including phenoxy) is 1. The number of epoxide rings is 1. The summed E-state index contributed by atoms with van der Waals surface area (Å²) in [6.07, 6.45) is 5.90. The number of unbranched alkanes of at least 4 members (excludes halogenated alkanes) is 1. The molecule has 0 saturated carbocycles. The zero-order valence-corrected chi connectivity index (χ0v) is 11.3. The van der Waals surface area contributed by atoms with Gasteiger partial charge in [0.05, 0.1) is 12.2 Å². The van der Waals surface area contributed by atoms with Crippen molar-refractivity contribution in [1.29, 1.82) is 0 Å². The molecule has 1 aliphatic heterocycles. The molecule has 1 heterocycles. The highest BCUT2D eigenvalue weighted by atomic mass is 16.6. The van der Waals surface area contributed by atoms with Gasteiger partial charge in [-0.1, -0.05) is 44.5 Å². The van der Waals surface area contributed by atoms with Crippen molar-refractivity contribution in [3.8, 4) is 0 Å². The van der Waals surface area contributed by atoms with Crippen LogP contribution in [0.3, 0.4) is 0 Å². The maximum absolute atomic E-state index is 5.53. The molecule has 0 N–H and O–H groups in total. The molecule has 1 nitrogen and oxygen atoms in total. The van der Waals surface area contributed by atoms with E-state index in [1.54, 1.807) is 0 Å². The van der Waals surface area contributed by atoms with E-state index in [2.05, 4.69) is 45.0 Å². The third-order valence-electron chi connectivity index (χ3n) is 3.72. The van der Waals surface area contributed by atoms with E-state index in [4.69, 9.17) is 4.74 Å². The van der Waals surface area contributed by atoms with Crippen molar-refractivity contribution in [2.24, 2.45) is 5.92 Å². The average Bonchev–Trinajstić information content (AvgIpc) is 3.06.